The number of likely N-dealkylation sites (tertiary alicyclic amines) is 1. The van der Waals surface area contributed by atoms with E-state index in [4.69, 9.17) is 0 Å². The van der Waals surface area contributed by atoms with Gasteiger partial charge in [0.1, 0.15) is 12.6 Å². The molecule has 1 atom stereocenters. The second-order valence-electron chi connectivity index (χ2n) is 4.27. The summed E-state index contributed by atoms with van der Waals surface area (Å²) < 4.78 is 0. The summed E-state index contributed by atoms with van der Waals surface area (Å²) in [7, 11) is 0. The zero-order valence-electron chi connectivity index (χ0n) is 9.45. The minimum atomic E-state index is -0.636. The van der Waals surface area contributed by atoms with Crippen molar-refractivity contribution in [3.63, 3.8) is 0 Å². The van der Waals surface area contributed by atoms with Crippen molar-refractivity contribution < 1.29 is 10.0 Å². The maximum absolute atomic E-state index is 9.81. The monoisotopic (exact) mass is 216 g/mol. The summed E-state index contributed by atoms with van der Waals surface area (Å²) in [6.45, 7) is 3.33. The van der Waals surface area contributed by atoms with Gasteiger partial charge < -0.3 is 10.0 Å². The SMILES string of the molecule is OC(C#CC[NH+]1CCCC1)c1ccccc1. The van der Waals surface area contributed by atoms with Crippen LogP contribution in [0.1, 0.15) is 24.5 Å². The Morgan fingerprint density at radius 2 is 1.88 bits per heavy atom. The van der Waals surface area contributed by atoms with Crippen LogP contribution < -0.4 is 4.90 Å². The highest BCUT2D eigenvalue weighted by Gasteiger charge is 2.13. The molecule has 1 aromatic rings. The second-order valence-corrected chi connectivity index (χ2v) is 4.27. The molecule has 0 saturated carbocycles. The molecule has 1 heterocycles. The van der Waals surface area contributed by atoms with Gasteiger partial charge >= 0.3 is 0 Å². The Balaban J connectivity index is 1.87. The van der Waals surface area contributed by atoms with Crippen molar-refractivity contribution in [3.8, 4) is 11.8 Å². The number of aliphatic hydroxyl groups excluding tert-OH is 1. The number of hydrogen-bond donors (Lipinski definition) is 2. The van der Waals surface area contributed by atoms with Gasteiger partial charge in [-0.2, -0.15) is 0 Å². The van der Waals surface area contributed by atoms with Crippen LogP contribution in [0.15, 0.2) is 30.3 Å². The van der Waals surface area contributed by atoms with Crippen molar-refractivity contribution in [2.45, 2.75) is 18.9 Å². The normalized spacial score (nSPS) is 17.8. The molecule has 0 aromatic heterocycles. The molecule has 2 rings (SSSR count). The van der Waals surface area contributed by atoms with E-state index < -0.39 is 6.10 Å². The van der Waals surface area contributed by atoms with Crippen molar-refractivity contribution in [1.82, 2.24) is 0 Å². The largest absolute Gasteiger partial charge is 0.376 e. The molecule has 0 radical (unpaired) electrons. The first-order valence-corrected chi connectivity index (χ1v) is 5.91. The highest BCUT2D eigenvalue weighted by molar-refractivity contribution is 5.24. The van der Waals surface area contributed by atoms with Gasteiger partial charge in [-0.15, -0.1) is 0 Å². The number of rotatable bonds is 2. The molecule has 0 amide bonds. The van der Waals surface area contributed by atoms with Crippen molar-refractivity contribution in [3.05, 3.63) is 35.9 Å². The zero-order chi connectivity index (χ0) is 11.2. The summed E-state index contributed by atoms with van der Waals surface area (Å²) in [6.07, 6.45) is 2.00. The molecule has 0 spiro atoms. The Hall–Kier alpha value is -1.30. The van der Waals surface area contributed by atoms with Crippen LogP contribution in [-0.2, 0) is 0 Å². The Labute approximate surface area is 96.9 Å². The van der Waals surface area contributed by atoms with E-state index in [0.717, 1.165) is 12.1 Å². The molecule has 1 aliphatic heterocycles. The van der Waals surface area contributed by atoms with E-state index in [9.17, 15) is 5.11 Å². The minimum absolute atomic E-state index is 0.636. The average Bonchev–Trinajstić information content (AvgIpc) is 2.83. The molecular weight excluding hydrogens is 198 g/mol. The van der Waals surface area contributed by atoms with Gasteiger partial charge in [-0.1, -0.05) is 36.3 Å². The third kappa shape index (κ3) is 3.10. The van der Waals surface area contributed by atoms with E-state index in [-0.39, 0.29) is 0 Å². The standard InChI is InChI=1S/C14H17NO/c16-14(13-7-2-1-3-8-13)9-6-12-15-10-4-5-11-15/h1-3,7-8,14,16H,4-5,10-12H2/p+1. The molecule has 2 N–H and O–H groups in total. The van der Waals surface area contributed by atoms with Gasteiger partial charge in [-0.25, -0.2) is 0 Å². The van der Waals surface area contributed by atoms with Crippen molar-refractivity contribution in [2.75, 3.05) is 19.6 Å². The molecule has 84 valence electrons. The fourth-order valence-corrected chi connectivity index (χ4v) is 2.04. The summed E-state index contributed by atoms with van der Waals surface area (Å²) in [4.78, 5) is 1.55. The summed E-state index contributed by atoms with van der Waals surface area (Å²) >= 11 is 0. The number of aliphatic hydroxyl groups is 1. The van der Waals surface area contributed by atoms with Gasteiger partial charge in [-0.05, 0) is 11.5 Å². The fraction of sp³-hybridized carbons (Fsp3) is 0.429. The highest BCUT2D eigenvalue weighted by atomic mass is 16.3. The first kappa shape index (κ1) is 11.2. The third-order valence-electron chi connectivity index (χ3n) is 3.00. The van der Waals surface area contributed by atoms with Gasteiger partial charge in [0.15, 0.2) is 0 Å². The maximum atomic E-state index is 9.81. The average molecular weight is 216 g/mol. The van der Waals surface area contributed by atoms with Crippen LogP contribution in [0.3, 0.4) is 0 Å². The molecule has 16 heavy (non-hydrogen) atoms. The Kier molecular flexibility index (Phi) is 3.98. The van der Waals surface area contributed by atoms with E-state index in [2.05, 4.69) is 11.8 Å². The molecule has 0 bridgehead atoms. The van der Waals surface area contributed by atoms with Crippen LogP contribution in [0.25, 0.3) is 0 Å². The van der Waals surface area contributed by atoms with Crippen molar-refractivity contribution in [2.24, 2.45) is 0 Å². The Morgan fingerprint density at radius 3 is 2.56 bits per heavy atom. The molecule has 1 unspecified atom stereocenters. The molecule has 2 nitrogen and oxygen atoms in total. The van der Waals surface area contributed by atoms with E-state index in [1.165, 1.54) is 25.9 Å². The number of quaternary nitrogens is 1. The van der Waals surface area contributed by atoms with Crippen LogP contribution >= 0.6 is 0 Å². The topological polar surface area (TPSA) is 24.7 Å². The van der Waals surface area contributed by atoms with Gasteiger partial charge in [0.05, 0.1) is 13.1 Å². The predicted molar refractivity (Wildman–Crippen MR) is 64.0 cm³/mol. The van der Waals surface area contributed by atoms with Crippen LogP contribution in [0.5, 0.6) is 0 Å². The lowest BCUT2D eigenvalue weighted by Crippen LogP contribution is -3.09. The molecule has 0 aliphatic carbocycles. The number of hydrogen-bond acceptors (Lipinski definition) is 1. The molecule has 1 aromatic carbocycles. The maximum Gasteiger partial charge on any atom is 0.140 e. The quantitative estimate of drug-likeness (QED) is 0.687. The second kappa shape index (κ2) is 5.69. The molecule has 1 saturated heterocycles. The smallest absolute Gasteiger partial charge is 0.140 e. The van der Waals surface area contributed by atoms with Crippen molar-refractivity contribution >= 4 is 0 Å². The third-order valence-corrected chi connectivity index (χ3v) is 3.00. The van der Waals surface area contributed by atoms with Crippen molar-refractivity contribution in [1.29, 1.82) is 0 Å². The zero-order valence-corrected chi connectivity index (χ0v) is 9.45. The number of nitrogens with one attached hydrogen (secondary N) is 1. The van der Waals surface area contributed by atoms with Crippen LogP contribution in [-0.4, -0.2) is 24.7 Å². The summed E-state index contributed by atoms with van der Waals surface area (Å²) in [5.74, 6) is 6.00. The lowest BCUT2D eigenvalue weighted by atomic mass is 10.1. The Bertz CT molecular complexity index is 371. The van der Waals surface area contributed by atoms with Gasteiger partial charge in [-0.3, -0.25) is 0 Å². The first-order chi connectivity index (χ1) is 7.86. The van der Waals surface area contributed by atoms with E-state index in [1.807, 2.05) is 30.3 Å². The highest BCUT2D eigenvalue weighted by Crippen LogP contribution is 2.09. The van der Waals surface area contributed by atoms with Gasteiger partial charge in [0.25, 0.3) is 0 Å². The summed E-state index contributed by atoms with van der Waals surface area (Å²) in [5.41, 5.74) is 0.881. The molecule has 1 aliphatic rings. The first-order valence-electron chi connectivity index (χ1n) is 5.91. The summed E-state index contributed by atoms with van der Waals surface area (Å²) in [6, 6.07) is 9.60. The van der Waals surface area contributed by atoms with Crippen LogP contribution in [0.2, 0.25) is 0 Å². The van der Waals surface area contributed by atoms with Crippen LogP contribution in [0.4, 0.5) is 0 Å². The molecule has 2 heteroatoms. The van der Waals surface area contributed by atoms with E-state index in [1.54, 1.807) is 4.90 Å². The minimum Gasteiger partial charge on any atom is -0.376 e. The van der Waals surface area contributed by atoms with E-state index >= 15 is 0 Å². The number of benzene rings is 1. The molecule has 1 fully saturated rings. The van der Waals surface area contributed by atoms with E-state index in [0.29, 0.717) is 0 Å². The van der Waals surface area contributed by atoms with Gasteiger partial charge in [0.2, 0.25) is 0 Å². The predicted octanol–water partition coefficient (Wildman–Crippen LogP) is 0.402. The summed E-state index contributed by atoms with van der Waals surface area (Å²) in [5, 5.41) is 9.81. The fourth-order valence-electron chi connectivity index (χ4n) is 2.04. The van der Waals surface area contributed by atoms with Gasteiger partial charge in [0, 0.05) is 12.8 Å². The lowest BCUT2D eigenvalue weighted by molar-refractivity contribution is -0.879. The lowest BCUT2D eigenvalue weighted by Gasteiger charge is -2.07. The molecular formula is C14H18NO+. The van der Waals surface area contributed by atoms with Crippen LogP contribution in [0, 0.1) is 11.8 Å². The Morgan fingerprint density at radius 1 is 1.19 bits per heavy atom.